The standard InChI is InChI=1S/C28H34N2O2S/c1-17(28-14-18-11-19(15-28)13-20(12-18)16-28)29-27(32)24-26(25(31)21-7-3-2-4-8-21)33-23-10-6-5-9-22(23)30-24/h2-4,7-8,17-20,30H,5-6,9-16H2,1H3,(H,29,32). The lowest BCUT2D eigenvalue weighted by atomic mass is 9.48. The first-order chi connectivity index (χ1) is 16.0. The summed E-state index contributed by atoms with van der Waals surface area (Å²) in [5, 5.41) is 6.83. The lowest BCUT2D eigenvalue weighted by Gasteiger charge is -2.59. The van der Waals surface area contributed by atoms with Gasteiger partial charge in [-0.15, -0.1) is 0 Å². The molecule has 2 N–H and O–H groups in total. The topological polar surface area (TPSA) is 58.2 Å². The number of amides is 1. The fourth-order valence-corrected chi connectivity index (χ4v) is 8.90. The minimum atomic E-state index is -0.109. The first-order valence-corrected chi connectivity index (χ1v) is 13.6. The van der Waals surface area contributed by atoms with Gasteiger partial charge in [0.25, 0.3) is 5.91 Å². The number of benzene rings is 1. The molecule has 1 unspecified atom stereocenters. The number of Topliss-reactive ketones (excluding diaryl/α,β-unsaturated/α-hetero) is 1. The molecule has 1 atom stereocenters. The Labute approximate surface area is 201 Å². The van der Waals surface area contributed by atoms with Crippen molar-refractivity contribution in [2.24, 2.45) is 23.2 Å². The van der Waals surface area contributed by atoms with Crippen molar-refractivity contribution in [3.05, 3.63) is 57.1 Å². The van der Waals surface area contributed by atoms with Gasteiger partial charge in [0.05, 0.1) is 4.91 Å². The number of nitrogens with one attached hydrogen (secondary N) is 2. The van der Waals surface area contributed by atoms with Crippen LogP contribution >= 0.6 is 11.8 Å². The predicted octanol–water partition coefficient (Wildman–Crippen LogP) is 5.92. The quantitative estimate of drug-likeness (QED) is 0.533. The van der Waals surface area contributed by atoms with E-state index in [0.717, 1.165) is 49.1 Å². The van der Waals surface area contributed by atoms with Crippen LogP contribution in [0.5, 0.6) is 0 Å². The summed E-state index contributed by atoms with van der Waals surface area (Å²) in [6.07, 6.45) is 12.2. The van der Waals surface area contributed by atoms with Gasteiger partial charge in [-0.1, -0.05) is 42.1 Å². The smallest absolute Gasteiger partial charge is 0.269 e. The van der Waals surface area contributed by atoms with Gasteiger partial charge < -0.3 is 10.6 Å². The fraction of sp³-hybridized carbons (Fsp3) is 0.571. The Bertz CT molecular complexity index is 1010. The van der Waals surface area contributed by atoms with Crippen LogP contribution in [0.3, 0.4) is 0 Å². The molecule has 4 fully saturated rings. The minimum Gasteiger partial charge on any atom is -0.353 e. The highest BCUT2D eigenvalue weighted by atomic mass is 32.2. The Hall–Kier alpha value is -2.01. The van der Waals surface area contributed by atoms with Crippen LogP contribution in [0.1, 0.15) is 81.5 Å². The number of hydrogen-bond donors (Lipinski definition) is 2. The summed E-state index contributed by atoms with van der Waals surface area (Å²) in [6, 6.07) is 9.50. The lowest BCUT2D eigenvalue weighted by molar-refractivity contribution is -0.122. The largest absolute Gasteiger partial charge is 0.353 e. The second-order valence-electron chi connectivity index (χ2n) is 11.2. The Balaban J connectivity index is 1.28. The van der Waals surface area contributed by atoms with Crippen LogP contribution in [0, 0.1) is 23.2 Å². The number of ketones is 1. The molecular weight excluding hydrogens is 428 g/mol. The summed E-state index contributed by atoms with van der Waals surface area (Å²) in [7, 11) is 0. The molecule has 4 bridgehead atoms. The average Bonchev–Trinajstić information content (AvgIpc) is 2.82. The molecule has 0 aromatic heterocycles. The molecule has 0 saturated heterocycles. The van der Waals surface area contributed by atoms with E-state index in [2.05, 4.69) is 17.6 Å². The number of thioether (sulfide) groups is 1. The third-order valence-corrected chi connectivity index (χ3v) is 10.3. The van der Waals surface area contributed by atoms with E-state index in [1.165, 1.54) is 55.2 Å². The number of rotatable bonds is 5. The summed E-state index contributed by atoms with van der Waals surface area (Å²) in [5.74, 6) is 2.38. The first-order valence-electron chi connectivity index (χ1n) is 12.8. The number of carbonyl (C=O) groups is 2. The highest BCUT2D eigenvalue weighted by Gasteiger charge is 2.53. The van der Waals surface area contributed by atoms with E-state index in [9.17, 15) is 9.59 Å². The van der Waals surface area contributed by atoms with Crippen molar-refractivity contribution in [2.45, 2.75) is 77.2 Å². The summed E-state index contributed by atoms with van der Waals surface area (Å²) in [4.78, 5) is 29.0. The molecule has 5 heteroatoms. The van der Waals surface area contributed by atoms with Gasteiger partial charge in [0.2, 0.25) is 5.78 Å². The Kier molecular flexibility index (Phi) is 5.44. The van der Waals surface area contributed by atoms with E-state index >= 15 is 0 Å². The summed E-state index contributed by atoms with van der Waals surface area (Å²) < 4.78 is 0. The summed E-state index contributed by atoms with van der Waals surface area (Å²) in [6.45, 7) is 2.21. The third-order valence-electron chi connectivity index (χ3n) is 8.97. The molecule has 1 aromatic carbocycles. The van der Waals surface area contributed by atoms with Gasteiger partial charge in [-0.25, -0.2) is 0 Å². The normalized spacial score (nSPS) is 33.4. The number of carbonyl (C=O) groups excluding carboxylic acids is 2. The molecule has 7 rings (SSSR count). The van der Waals surface area contributed by atoms with Crippen LogP contribution in [0.4, 0.5) is 0 Å². The van der Waals surface area contributed by atoms with Crippen LogP contribution in [0.25, 0.3) is 0 Å². The van der Waals surface area contributed by atoms with Crippen molar-refractivity contribution in [1.29, 1.82) is 0 Å². The monoisotopic (exact) mass is 462 g/mol. The SMILES string of the molecule is CC(NC(=O)C1=C(C(=O)c2ccccc2)SC2=C(CCCC2)N1)C12CC3CC(CC(C3)C1)C2. The molecule has 4 nitrogen and oxygen atoms in total. The van der Waals surface area contributed by atoms with E-state index in [1.54, 1.807) is 0 Å². The summed E-state index contributed by atoms with van der Waals surface area (Å²) >= 11 is 1.53. The van der Waals surface area contributed by atoms with Gasteiger partial charge in [0, 0.05) is 22.2 Å². The predicted molar refractivity (Wildman–Crippen MR) is 132 cm³/mol. The number of allylic oxidation sites excluding steroid dienone is 3. The van der Waals surface area contributed by atoms with Crippen LogP contribution in [0.2, 0.25) is 0 Å². The molecule has 174 valence electrons. The molecular formula is C28H34N2O2S. The Morgan fingerprint density at radius 1 is 1.00 bits per heavy atom. The van der Waals surface area contributed by atoms with Crippen molar-refractivity contribution in [3.8, 4) is 0 Å². The van der Waals surface area contributed by atoms with Crippen molar-refractivity contribution in [1.82, 2.24) is 10.6 Å². The van der Waals surface area contributed by atoms with Crippen molar-refractivity contribution in [3.63, 3.8) is 0 Å². The molecule has 0 spiro atoms. The van der Waals surface area contributed by atoms with E-state index in [4.69, 9.17) is 0 Å². The van der Waals surface area contributed by atoms with Crippen LogP contribution in [0.15, 0.2) is 51.5 Å². The molecule has 1 aromatic rings. The van der Waals surface area contributed by atoms with Gasteiger partial charge >= 0.3 is 0 Å². The molecule has 33 heavy (non-hydrogen) atoms. The van der Waals surface area contributed by atoms with E-state index in [0.29, 0.717) is 16.2 Å². The first kappa shape index (κ1) is 21.5. The highest BCUT2D eigenvalue weighted by Crippen LogP contribution is 2.61. The van der Waals surface area contributed by atoms with Crippen molar-refractivity contribution >= 4 is 23.5 Å². The van der Waals surface area contributed by atoms with Crippen LogP contribution in [-0.4, -0.2) is 17.7 Å². The van der Waals surface area contributed by atoms with Crippen LogP contribution < -0.4 is 10.6 Å². The molecule has 6 aliphatic rings. The molecule has 1 aliphatic heterocycles. The zero-order valence-corrected chi connectivity index (χ0v) is 20.3. The fourth-order valence-electron chi connectivity index (χ4n) is 7.67. The summed E-state index contributed by atoms with van der Waals surface area (Å²) in [5.41, 5.74) is 2.49. The molecule has 5 aliphatic carbocycles. The maximum Gasteiger partial charge on any atom is 0.269 e. The minimum absolute atomic E-state index is 0.0576. The maximum atomic E-state index is 13.7. The average molecular weight is 463 g/mol. The Morgan fingerprint density at radius 2 is 1.64 bits per heavy atom. The lowest BCUT2D eigenvalue weighted by Crippen LogP contribution is -2.56. The Morgan fingerprint density at radius 3 is 2.30 bits per heavy atom. The zero-order chi connectivity index (χ0) is 22.6. The van der Waals surface area contributed by atoms with Gasteiger partial charge in [0.1, 0.15) is 5.70 Å². The maximum absolute atomic E-state index is 13.7. The van der Waals surface area contributed by atoms with Gasteiger partial charge in [0.15, 0.2) is 0 Å². The van der Waals surface area contributed by atoms with E-state index < -0.39 is 0 Å². The molecule has 1 amide bonds. The van der Waals surface area contributed by atoms with Gasteiger partial charge in [-0.05, 0) is 94.3 Å². The van der Waals surface area contributed by atoms with Crippen LogP contribution in [-0.2, 0) is 4.79 Å². The van der Waals surface area contributed by atoms with Crippen molar-refractivity contribution < 1.29 is 9.59 Å². The van der Waals surface area contributed by atoms with Gasteiger partial charge in [-0.2, -0.15) is 0 Å². The highest BCUT2D eigenvalue weighted by molar-refractivity contribution is 8.07. The van der Waals surface area contributed by atoms with E-state index in [-0.39, 0.29) is 23.1 Å². The van der Waals surface area contributed by atoms with E-state index in [1.807, 2.05) is 30.3 Å². The second kappa shape index (κ2) is 8.33. The molecule has 4 saturated carbocycles. The number of hydrogen-bond acceptors (Lipinski definition) is 4. The van der Waals surface area contributed by atoms with Gasteiger partial charge in [-0.3, -0.25) is 9.59 Å². The zero-order valence-electron chi connectivity index (χ0n) is 19.5. The molecule has 1 heterocycles. The third kappa shape index (κ3) is 3.86. The molecule has 0 radical (unpaired) electrons. The second-order valence-corrected chi connectivity index (χ2v) is 12.3. The van der Waals surface area contributed by atoms with Crippen molar-refractivity contribution in [2.75, 3.05) is 0 Å².